The van der Waals surface area contributed by atoms with Gasteiger partial charge in [-0.2, -0.15) is 0 Å². The van der Waals surface area contributed by atoms with Gasteiger partial charge in [0.1, 0.15) is 11.6 Å². The lowest BCUT2D eigenvalue weighted by atomic mass is 10.2. The number of imidazole rings is 1. The number of furan rings is 1. The van der Waals surface area contributed by atoms with Crippen LogP contribution in [0.15, 0.2) is 35.2 Å². The number of nitrogens with zero attached hydrogens (tertiary/aromatic N) is 1. The zero-order valence-electron chi connectivity index (χ0n) is 10.2. The number of hydrogen-bond donors (Lipinski definition) is 2. The van der Waals surface area contributed by atoms with Gasteiger partial charge >= 0.3 is 0 Å². The van der Waals surface area contributed by atoms with Crippen molar-refractivity contribution in [3.63, 3.8) is 0 Å². The van der Waals surface area contributed by atoms with Crippen molar-refractivity contribution in [2.75, 3.05) is 6.54 Å². The molecule has 2 rings (SSSR count). The Morgan fingerprint density at radius 2 is 2.39 bits per heavy atom. The SMILES string of the molecule is O=C(CCc1ccco1)NCCCc1ncc[nH]1. The van der Waals surface area contributed by atoms with E-state index in [0.717, 1.165) is 24.4 Å². The number of aromatic nitrogens is 2. The summed E-state index contributed by atoms with van der Waals surface area (Å²) in [5, 5.41) is 2.89. The standard InChI is InChI=1S/C13H17N3O2/c17-13(6-5-11-3-2-10-18-11)16-7-1-4-12-14-8-9-15-12/h2-3,8-10H,1,4-7H2,(H,14,15)(H,16,17). The van der Waals surface area contributed by atoms with Gasteiger partial charge in [0.15, 0.2) is 0 Å². The van der Waals surface area contributed by atoms with Crippen LogP contribution in [0.25, 0.3) is 0 Å². The van der Waals surface area contributed by atoms with E-state index in [4.69, 9.17) is 4.42 Å². The molecule has 0 saturated carbocycles. The normalized spacial score (nSPS) is 10.4. The van der Waals surface area contributed by atoms with E-state index in [2.05, 4.69) is 15.3 Å². The molecule has 18 heavy (non-hydrogen) atoms. The molecule has 0 aliphatic carbocycles. The van der Waals surface area contributed by atoms with Crippen molar-refractivity contribution in [2.45, 2.75) is 25.7 Å². The van der Waals surface area contributed by atoms with Gasteiger partial charge in [-0.1, -0.05) is 0 Å². The van der Waals surface area contributed by atoms with Crippen molar-refractivity contribution in [1.82, 2.24) is 15.3 Å². The molecule has 1 amide bonds. The number of rotatable bonds is 7. The molecule has 0 saturated heterocycles. The summed E-state index contributed by atoms with van der Waals surface area (Å²) >= 11 is 0. The lowest BCUT2D eigenvalue weighted by molar-refractivity contribution is -0.121. The minimum Gasteiger partial charge on any atom is -0.469 e. The second-order valence-electron chi connectivity index (χ2n) is 4.07. The van der Waals surface area contributed by atoms with E-state index in [-0.39, 0.29) is 5.91 Å². The highest BCUT2D eigenvalue weighted by Gasteiger charge is 2.03. The fraction of sp³-hybridized carbons (Fsp3) is 0.385. The summed E-state index contributed by atoms with van der Waals surface area (Å²) in [5.74, 6) is 1.87. The number of hydrogen-bond acceptors (Lipinski definition) is 3. The fourth-order valence-electron chi connectivity index (χ4n) is 1.70. The molecule has 0 bridgehead atoms. The topological polar surface area (TPSA) is 70.9 Å². The highest BCUT2D eigenvalue weighted by molar-refractivity contribution is 5.75. The number of nitrogens with one attached hydrogen (secondary N) is 2. The maximum absolute atomic E-state index is 11.5. The van der Waals surface area contributed by atoms with E-state index < -0.39 is 0 Å². The molecule has 0 aliphatic heterocycles. The van der Waals surface area contributed by atoms with E-state index in [9.17, 15) is 4.79 Å². The molecular weight excluding hydrogens is 230 g/mol. The lowest BCUT2D eigenvalue weighted by Crippen LogP contribution is -2.25. The third-order valence-electron chi connectivity index (χ3n) is 2.65. The number of carbonyl (C=O) groups excluding carboxylic acids is 1. The summed E-state index contributed by atoms with van der Waals surface area (Å²) in [6.07, 6.45) is 8.02. The lowest BCUT2D eigenvalue weighted by Gasteiger charge is -2.03. The third-order valence-corrected chi connectivity index (χ3v) is 2.65. The zero-order valence-corrected chi connectivity index (χ0v) is 10.2. The average molecular weight is 247 g/mol. The van der Waals surface area contributed by atoms with Crippen molar-refractivity contribution >= 4 is 5.91 Å². The van der Waals surface area contributed by atoms with E-state index in [1.54, 1.807) is 18.7 Å². The van der Waals surface area contributed by atoms with Gasteiger partial charge in [0.05, 0.1) is 6.26 Å². The summed E-state index contributed by atoms with van der Waals surface area (Å²) in [4.78, 5) is 18.7. The van der Waals surface area contributed by atoms with E-state index in [1.165, 1.54) is 0 Å². The van der Waals surface area contributed by atoms with E-state index in [1.807, 2.05) is 12.1 Å². The molecule has 2 aromatic rings. The zero-order chi connectivity index (χ0) is 12.6. The van der Waals surface area contributed by atoms with Gasteiger partial charge < -0.3 is 14.7 Å². The van der Waals surface area contributed by atoms with Crippen LogP contribution in [-0.4, -0.2) is 22.4 Å². The number of H-pyrrole nitrogens is 1. The Morgan fingerprint density at radius 1 is 1.44 bits per heavy atom. The van der Waals surface area contributed by atoms with Crippen LogP contribution >= 0.6 is 0 Å². The van der Waals surface area contributed by atoms with Gasteiger partial charge in [-0.3, -0.25) is 4.79 Å². The Labute approximate surface area is 106 Å². The number of amides is 1. The molecule has 5 nitrogen and oxygen atoms in total. The monoisotopic (exact) mass is 247 g/mol. The fourth-order valence-corrected chi connectivity index (χ4v) is 1.70. The van der Waals surface area contributed by atoms with Crippen LogP contribution < -0.4 is 5.32 Å². The van der Waals surface area contributed by atoms with Gasteiger partial charge in [0.25, 0.3) is 0 Å². The summed E-state index contributed by atoms with van der Waals surface area (Å²) < 4.78 is 5.17. The van der Waals surface area contributed by atoms with Crippen LogP contribution in [0.1, 0.15) is 24.4 Å². The quantitative estimate of drug-likeness (QED) is 0.731. The Bertz CT molecular complexity index is 449. The maximum atomic E-state index is 11.5. The smallest absolute Gasteiger partial charge is 0.220 e. The van der Waals surface area contributed by atoms with Crippen LogP contribution in [0, 0.1) is 0 Å². The summed E-state index contributed by atoms with van der Waals surface area (Å²) in [6, 6.07) is 3.71. The molecule has 0 radical (unpaired) electrons. The van der Waals surface area contributed by atoms with Crippen LogP contribution in [0.3, 0.4) is 0 Å². The van der Waals surface area contributed by atoms with Crippen molar-refractivity contribution in [2.24, 2.45) is 0 Å². The second kappa shape index (κ2) is 6.64. The molecule has 2 N–H and O–H groups in total. The number of aromatic amines is 1. The molecule has 0 unspecified atom stereocenters. The highest BCUT2D eigenvalue weighted by atomic mass is 16.3. The average Bonchev–Trinajstić information content (AvgIpc) is 3.04. The molecule has 5 heteroatoms. The van der Waals surface area contributed by atoms with Crippen LogP contribution in [0.5, 0.6) is 0 Å². The maximum Gasteiger partial charge on any atom is 0.220 e. The first-order valence-corrected chi connectivity index (χ1v) is 6.12. The molecule has 0 fully saturated rings. The van der Waals surface area contributed by atoms with Gasteiger partial charge in [0, 0.05) is 38.2 Å². The van der Waals surface area contributed by atoms with Crippen LogP contribution in [-0.2, 0) is 17.6 Å². The molecule has 0 atom stereocenters. The molecule has 2 aromatic heterocycles. The predicted octanol–water partition coefficient (Wildman–Crippen LogP) is 1.68. The van der Waals surface area contributed by atoms with E-state index >= 15 is 0 Å². The summed E-state index contributed by atoms with van der Waals surface area (Å²) in [7, 11) is 0. The van der Waals surface area contributed by atoms with Crippen LogP contribution in [0.2, 0.25) is 0 Å². The van der Waals surface area contributed by atoms with Crippen LogP contribution in [0.4, 0.5) is 0 Å². The molecule has 96 valence electrons. The molecule has 0 spiro atoms. The molecule has 2 heterocycles. The van der Waals surface area contributed by atoms with Crippen molar-refractivity contribution in [3.8, 4) is 0 Å². The first kappa shape index (κ1) is 12.4. The second-order valence-corrected chi connectivity index (χ2v) is 4.07. The van der Waals surface area contributed by atoms with Crippen molar-refractivity contribution < 1.29 is 9.21 Å². The Balaban J connectivity index is 1.55. The molecular formula is C13H17N3O2. The van der Waals surface area contributed by atoms with Gasteiger partial charge in [-0.25, -0.2) is 4.98 Å². The largest absolute Gasteiger partial charge is 0.469 e. The van der Waals surface area contributed by atoms with Gasteiger partial charge in [0.2, 0.25) is 5.91 Å². The Kier molecular flexibility index (Phi) is 4.58. The Hall–Kier alpha value is -2.04. The first-order valence-electron chi connectivity index (χ1n) is 6.12. The predicted molar refractivity (Wildman–Crippen MR) is 66.9 cm³/mol. The van der Waals surface area contributed by atoms with Crippen molar-refractivity contribution in [3.05, 3.63) is 42.4 Å². The third kappa shape index (κ3) is 4.08. The van der Waals surface area contributed by atoms with Gasteiger partial charge in [-0.15, -0.1) is 0 Å². The minimum absolute atomic E-state index is 0.0610. The number of carbonyl (C=O) groups is 1. The summed E-state index contributed by atoms with van der Waals surface area (Å²) in [6.45, 7) is 0.678. The van der Waals surface area contributed by atoms with Crippen molar-refractivity contribution in [1.29, 1.82) is 0 Å². The van der Waals surface area contributed by atoms with E-state index in [0.29, 0.717) is 19.4 Å². The highest BCUT2D eigenvalue weighted by Crippen LogP contribution is 2.03. The molecule has 0 aliphatic rings. The first-order chi connectivity index (χ1) is 8.84. The number of aryl methyl sites for hydroxylation is 2. The minimum atomic E-state index is 0.0610. The van der Waals surface area contributed by atoms with Gasteiger partial charge in [-0.05, 0) is 18.6 Å². The summed E-state index contributed by atoms with van der Waals surface area (Å²) in [5.41, 5.74) is 0. The Morgan fingerprint density at radius 3 is 3.11 bits per heavy atom. The molecule has 0 aromatic carbocycles.